The molecular weight excluding hydrogens is 372 g/mol. The molecule has 26 heavy (non-hydrogen) atoms. The van der Waals surface area contributed by atoms with Crippen molar-refractivity contribution in [3.63, 3.8) is 0 Å². The van der Waals surface area contributed by atoms with Gasteiger partial charge in [0.1, 0.15) is 5.15 Å². The molecule has 1 atom stereocenters. The van der Waals surface area contributed by atoms with Gasteiger partial charge < -0.3 is 19.7 Å². The average Bonchev–Trinajstić information content (AvgIpc) is 3.22. The number of benzene rings is 1. The number of ether oxygens (including phenoxy) is 2. The van der Waals surface area contributed by atoms with Crippen LogP contribution in [0.2, 0.25) is 5.15 Å². The van der Waals surface area contributed by atoms with Crippen molar-refractivity contribution in [3.05, 3.63) is 28.2 Å². The Labute approximate surface area is 162 Å². The molecule has 6 nitrogen and oxygen atoms in total. The molecule has 8 heteroatoms. The molecule has 2 aromatic rings. The molecule has 2 aliphatic heterocycles. The zero-order valence-electron chi connectivity index (χ0n) is 15.0. The summed E-state index contributed by atoms with van der Waals surface area (Å²) in [5.74, 6) is 1.63. The van der Waals surface area contributed by atoms with Gasteiger partial charge in [-0.2, -0.15) is 0 Å². The molecule has 1 saturated heterocycles. The first-order chi connectivity index (χ1) is 12.6. The summed E-state index contributed by atoms with van der Waals surface area (Å²) in [6.07, 6.45) is 2.32. The molecule has 3 heterocycles. The van der Waals surface area contributed by atoms with E-state index in [1.54, 1.807) is 11.3 Å². The van der Waals surface area contributed by atoms with Crippen LogP contribution >= 0.6 is 22.9 Å². The number of fused-ring (bicyclic) bond motifs is 1. The lowest BCUT2D eigenvalue weighted by molar-refractivity contribution is 0.174. The zero-order chi connectivity index (χ0) is 18.1. The number of likely N-dealkylation sites (tertiary alicyclic amines) is 1. The Balaban J connectivity index is 1.38. The summed E-state index contributed by atoms with van der Waals surface area (Å²) in [5, 5.41) is 5.22. The van der Waals surface area contributed by atoms with Crippen LogP contribution in [0.1, 0.15) is 17.7 Å². The van der Waals surface area contributed by atoms with Crippen LogP contribution in [0.15, 0.2) is 18.2 Å². The smallest absolute Gasteiger partial charge is 0.231 e. The summed E-state index contributed by atoms with van der Waals surface area (Å²) in [6.45, 7) is 3.23. The summed E-state index contributed by atoms with van der Waals surface area (Å²) in [4.78, 5) is 10.0. The van der Waals surface area contributed by atoms with Crippen molar-refractivity contribution in [2.24, 2.45) is 0 Å². The lowest BCUT2D eigenvalue weighted by Crippen LogP contribution is -2.41. The van der Waals surface area contributed by atoms with Gasteiger partial charge in [0.05, 0.1) is 4.88 Å². The number of aromatic nitrogens is 1. The highest BCUT2D eigenvalue weighted by atomic mass is 35.5. The Kier molecular flexibility index (Phi) is 5.11. The summed E-state index contributed by atoms with van der Waals surface area (Å²) < 4.78 is 10.8. The average molecular weight is 395 g/mol. The fourth-order valence-electron chi connectivity index (χ4n) is 3.35. The standard InChI is InChI=1S/C18H23ClN4O2S/c1-22(2)18-21-17(19)16(26-18)10-23-7-3-4-13(9-23)20-12-5-6-14-15(8-12)25-11-24-14/h5-6,8,13,20H,3-4,7,9-11H2,1-2H3/t13-/m1/s1. The van der Waals surface area contributed by atoms with Crippen molar-refractivity contribution >= 4 is 33.8 Å². The zero-order valence-corrected chi connectivity index (χ0v) is 16.6. The Morgan fingerprint density at radius 1 is 1.35 bits per heavy atom. The van der Waals surface area contributed by atoms with E-state index in [9.17, 15) is 0 Å². The fraction of sp³-hybridized carbons (Fsp3) is 0.500. The van der Waals surface area contributed by atoms with Crippen LogP contribution in [-0.2, 0) is 6.54 Å². The first-order valence-electron chi connectivity index (χ1n) is 8.79. The van der Waals surface area contributed by atoms with Crippen molar-refractivity contribution in [1.29, 1.82) is 0 Å². The van der Waals surface area contributed by atoms with Gasteiger partial charge in [-0.1, -0.05) is 22.9 Å². The van der Waals surface area contributed by atoms with E-state index in [1.165, 1.54) is 6.42 Å². The fourth-order valence-corrected chi connectivity index (χ4v) is 4.57. The van der Waals surface area contributed by atoms with E-state index in [0.717, 1.165) is 53.3 Å². The quantitative estimate of drug-likeness (QED) is 0.835. The second-order valence-corrected chi connectivity index (χ2v) is 8.31. The molecule has 0 aliphatic carbocycles. The lowest BCUT2D eigenvalue weighted by Gasteiger charge is -2.33. The molecule has 0 amide bonds. The Hall–Kier alpha value is -1.70. The lowest BCUT2D eigenvalue weighted by atomic mass is 10.1. The van der Waals surface area contributed by atoms with Crippen LogP contribution in [0.5, 0.6) is 11.5 Å². The van der Waals surface area contributed by atoms with E-state index in [1.807, 2.05) is 31.1 Å². The van der Waals surface area contributed by atoms with Crippen molar-refractivity contribution in [3.8, 4) is 11.5 Å². The molecule has 0 bridgehead atoms. The number of thiazole rings is 1. The maximum Gasteiger partial charge on any atom is 0.231 e. The van der Waals surface area contributed by atoms with Crippen LogP contribution in [-0.4, -0.2) is 49.9 Å². The number of piperidine rings is 1. The third-order valence-electron chi connectivity index (χ3n) is 4.64. The van der Waals surface area contributed by atoms with Crippen LogP contribution in [0.3, 0.4) is 0 Å². The van der Waals surface area contributed by atoms with E-state index in [0.29, 0.717) is 18.0 Å². The molecule has 1 aromatic carbocycles. The highest BCUT2D eigenvalue weighted by Gasteiger charge is 2.23. The minimum atomic E-state index is 0.306. The van der Waals surface area contributed by atoms with Gasteiger partial charge in [0.25, 0.3) is 0 Å². The van der Waals surface area contributed by atoms with Gasteiger partial charge in [-0.3, -0.25) is 4.90 Å². The second kappa shape index (κ2) is 7.50. The van der Waals surface area contributed by atoms with Crippen molar-refractivity contribution in [2.45, 2.75) is 25.4 Å². The molecule has 140 valence electrons. The molecule has 0 unspecified atom stereocenters. The molecule has 0 radical (unpaired) electrons. The normalized spacial score (nSPS) is 19.6. The third kappa shape index (κ3) is 3.84. The van der Waals surface area contributed by atoms with Gasteiger partial charge in [-0.05, 0) is 31.5 Å². The van der Waals surface area contributed by atoms with Crippen molar-refractivity contribution < 1.29 is 9.47 Å². The number of halogens is 1. The minimum Gasteiger partial charge on any atom is -0.454 e. The molecule has 0 spiro atoms. The first-order valence-corrected chi connectivity index (χ1v) is 9.99. The van der Waals surface area contributed by atoms with Crippen molar-refractivity contribution in [1.82, 2.24) is 9.88 Å². The van der Waals surface area contributed by atoms with Gasteiger partial charge in [-0.15, -0.1) is 0 Å². The molecule has 0 saturated carbocycles. The second-order valence-electron chi connectivity index (χ2n) is 6.89. The van der Waals surface area contributed by atoms with E-state index in [-0.39, 0.29) is 0 Å². The maximum absolute atomic E-state index is 6.33. The minimum absolute atomic E-state index is 0.306. The van der Waals surface area contributed by atoms with Crippen LogP contribution in [0.4, 0.5) is 10.8 Å². The molecule has 2 aliphatic rings. The summed E-state index contributed by atoms with van der Waals surface area (Å²) >= 11 is 8.00. The van der Waals surface area contributed by atoms with Crippen LogP contribution in [0, 0.1) is 0 Å². The monoisotopic (exact) mass is 394 g/mol. The van der Waals surface area contributed by atoms with Gasteiger partial charge in [-0.25, -0.2) is 4.98 Å². The van der Waals surface area contributed by atoms with Gasteiger partial charge in [0.15, 0.2) is 16.6 Å². The van der Waals surface area contributed by atoms with E-state index in [4.69, 9.17) is 21.1 Å². The van der Waals surface area contributed by atoms with Crippen molar-refractivity contribution in [2.75, 3.05) is 44.2 Å². The molecule has 1 aromatic heterocycles. The van der Waals surface area contributed by atoms with Crippen LogP contribution < -0.4 is 19.7 Å². The molecule has 1 fully saturated rings. The topological polar surface area (TPSA) is 49.9 Å². The number of anilines is 2. The van der Waals surface area contributed by atoms with E-state index in [2.05, 4.69) is 21.3 Å². The van der Waals surface area contributed by atoms with Gasteiger partial charge >= 0.3 is 0 Å². The number of nitrogens with one attached hydrogen (secondary N) is 1. The third-order valence-corrected chi connectivity index (χ3v) is 6.27. The molecular formula is C18H23ClN4O2S. The summed E-state index contributed by atoms with van der Waals surface area (Å²) in [7, 11) is 3.98. The Bertz CT molecular complexity index is 783. The predicted molar refractivity (Wildman–Crippen MR) is 106 cm³/mol. The SMILES string of the molecule is CN(C)c1nc(Cl)c(CN2CCC[C@@H](Nc3ccc4c(c3)OCO4)C2)s1. The number of hydrogen-bond donors (Lipinski definition) is 1. The highest BCUT2D eigenvalue weighted by molar-refractivity contribution is 7.16. The highest BCUT2D eigenvalue weighted by Crippen LogP contribution is 2.35. The summed E-state index contributed by atoms with van der Waals surface area (Å²) in [5.41, 5.74) is 1.08. The van der Waals surface area contributed by atoms with Crippen LogP contribution in [0.25, 0.3) is 0 Å². The first kappa shape index (κ1) is 17.7. The largest absolute Gasteiger partial charge is 0.454 e. The maximum atomic E-state index is 6.33. The Morgan fingerprint density at radius 3 is 3.00 bits per heavy atom. The van der Waals surface area contributed by atoms with E-state index < -0.39 is 0 Å². The van der Waals surface area contributed by atoms with E-state index >= 15 is 0 Å². The van der Waals surface area contributed by atoms with Gasteiger partial charge in [0.2, 0.25) is 6.79 Å². The summed E-state index contributed by atoms with van der Waals surface area (Å²) in [6, 6.07) is 6.44. The molecule has 1 N–H and O–H groups in total. The number of nitrogens with zero attached hydrogens (tertiary/aromatic N) is 3. The Morgan fingerprint density at radius 2 is 2.19 bits per heavy atom. The van der Waals surface area contributed by atoms with Gasteiger partial charge in [0, 0.05) is 45.0 Å². The molecule has 4 rings (SSSR count). The number of rotatable bonds is 5. The number of hydrogen-bond acceptors (Lipinski definition) is 7. The predicted octanol–water partition coefficient (Wildman–Crippen LogP) is 3.67.